The summed E-state index contributed by atoms with van der Waals surface area (Å²) in [4.78, 5) is -0.210. The lowest BCUT2D eigenvalue weighted by Crippen LogP contribution is -2.47. The number of alkyl halides is 3. The van der Waals surface area contributed by atoms with Gasteiger partial charge in [0.1, 0.15) is 10.4 Å². The van der Waals surface area contributed by atoms with Gasteiger partial charge >= 0.3 is 6.18 Å². The summed E-state index contributed by atoms with van der Waals surface area (Å²) >= 11 is 0. The van der Waals surface area contributed by atoms with Crippen molar-refractivity contribution in [3.8, 4) is 0 Å². The van der Waals surface area contributed by atoms with Crippen molar-refractivity contribution >= 4 is 10.0 Å². The molecule has 0 spiro atoms. The summed E-state index contributed by atoms with van der Waals surface area (Å²) in [6.07, 6.45) is -5.04. The fourth-order valence-corrected chi connectivity index (χ4v) is 3.63. The van der Waals surface area contributed by atoms with E-state index in [-0.39, 0.29) is 29.1 Å². The average molecular weight is 283 g/mol. The van der Waals surface area contributed by atoms with Gasteiger partial charge in [0.25, 0.3) is 0 Å². The van der Waals surface area contributed by atoms with Crippen LogP contribution in [0.3, 0.4) is 0 Å². The van der Waals surface area contributed by atoms with Crippen molar-refractivity contribution in [3.05, 3.63) is 11.4 Å². The molecule has 1 saturated carbocycles. The number of rotatable bonds is 3. The molecule has 0 bridgehead atoms. The van der Waals surface area contributed by atoms with Crippen molar-refractivity contribution in [2.75, 3.05) is 0 Å². The Kier molecular flexibility index (Phi) is 2.74. The van der Waals surface area contributed by atoms with Gasteiger partial charge in [-0.2, -0.15) is 23.0 Å². The van der Waals surface area contributed by atoms with Gasteiger partial charge in [0.05, 0.1) is 11.4 Å². The largest absolute Gasteiger partial charge is 0.407 e. The molecule has 0 aliphatic heterocycles. The van der Waals surface area contributed by atoms with Crippen LogP contribution in [-0.4, -0.2) is 30.3 Å². The zero-order valence-corrected chi connectivity index (χ0v) is 10.5. The maximum atomic E-state index is 12.7. The van der Waals surface area contributed by atoms with E-state index >= 15 is 0 Å². The van der Waals surface area contributed by atoms with E-state index in [2.05, 4.69) is 10.2 Å². The quantitative estimate of drug-likeness (QED) is 0.880. The van der Waals surface area contributed by atoms with Gasteiger partial charge in [-0.1, -0.05) is 0 Å². The Morgan fingerprint density at radius 1 is 1.33 bits per heavy atom. The van der Waals surface area contributed by atoms with Crippen LogP contribution in [0.15, 0.2) is 4.90 Å². The first kappa shape index (κ1) is 13.3. The standard InChI is InChI=1S/C9H12F3N3O2S/c1-5-7(6(2)14-13-5)18(16,17)15-8(3-4-8)9(10,11)12/h15H,3-4H2,1-2H3,(H,13,14). The summed E-state index contributed by atoms with van der Waals surface area (Å²) in [7, 11) is -4.22. The SMILES string of the molecule is Cc1n[nH]c(C)c1S(=O)(=O)NC1(C(F)(F)F)CC1. The highest BCUT2D eigenvalue weighted by molar-refractivity contribution is 7.89. The van der Waals surface area contributed by atoms with E-state index in [1.54, 1.807) is 4.72 Å². The Morgan fingerprint density at radius 3 is 2.22 bits per heavy atom. The number of hydrogen-bond acceptors (Lipinski definition) is 3. The first-order valence-corrected chi connectivity index (χ1v) is 6.70. The molecule has 1 fully saturated rings. The van der Waals surface area contributed by atoms with Crippen LogP contribution >= 0.6 is 0 Å². The summed E-state index contributed by atoms with van der Waals surface area (Å²) < 4.78 is 63.8. The predicted octanol–water partition coefficient (Wildman–Crippen LogP) is 1.40. The zero-order valence-electron chi connectivity index (χ0n) is 9.72. The second-order valence-corrected chi connectivity index (χ2v) is 6.07. The van der Waals surface area contributed by atoms with Crippen molar-refractivity contribution in [1.82, 2.24) is 14.9 Å². The highest BCUT2D eigenvalue weighted by Gasteiger charge is 2.65. The van der Waals surface area contributed by atoms with E-state index in [9.17, 15) is 21.6 Å². The van der Waals surface area contributed by atoms with Crippen LogP contribution in [0.5, 0.6) is 0 Å². The van der Waals surface area contributed by atoms with E-state index in [0.29, 0.717) is 0 Å². The molecule has 0 radical (unpaired) electrons. The van der Waals surface area contributed by atoms with E-state index in [4.69, 9.17) is 0 Å². The number of aromatic amines is 1. The molecule has 5 nitrogen and oxygen atoms in total. The monoisotopic (exact) mass is 283 g/mol. The molecule has 0 amide bonds. The fourth-order valence-electron chi connectivity index (χ4n) is 1.81. The predicted molar refractivity (Wildman–Crippen MR) is 56.4 cm³/mol. The van der Waals surface area contributed by atoms with Crippen LogP contribution in [0.4, 0.5) is 13.2 Å². The second kappa shape index (κ2) is 3.70. The number of hydrogen-bond donors (Lipinski definition) is 2. The number of nitrogens with zero attached hydrogens (tertiary/aromatic N) is 1. The summed E-state index contributed by atoms with van der Waals surface area (Å²) in [5.74, 6) is 0. The topological polar surface area (TPSA) is 74.8 Å². The molecule has 102 valence electrons. The number of nitrogens with one attached hydrogen (secondary N) is 2. The number of aromatic nitrogens is 2. The molecular formula is C9H12F3N3O2S. The van der Waals surface area contributed by atoms with Crippen LogP contribution in [0.2, 0.25) is 0 Å². The molecule has 0 saturated heterocycles. The van der Waals surface area contributed by atoms with E-state index in [0.717, 1.165) is 0 Å². The molecule has 9 heteroatoms. The maximum absolute atomic E-state index is 12.7. The van der Waals surface area contributed by atoms with Crippen molar-refractivity contribution in [2.45, 2.75) is 43.3 Å². The molecule has 2 rings (SSSR count). The number of aryl methyl sites for hydroxylation is 2. The average Bonchev–Trinajstić information content (AvgIpc) is 2.86. The molecular weight excluding hydrogens is 271 g/mol. The van der Waals surface area contributed by atoms with Gasteiger partial charge in [0.2, 0.25) is 10.0 Å². The smallest absolute Gasteiger partial charge is 0.281 e. The maximum Gasteiger partial charge on any atom is 0.407 e. The molecule has 0 unspecified atom stereocenters. The third-order valence-electron chi connectivity index (χ3n) is 2.95. The molecule has 1 aliphatic carbocycles. The summed E-state index contributed by atoms with van der Waals surface area (Å²) in [5, 5.41) is 6.11. The summed E-state index contributed by atoms with van der Waals surface area (Å²) in [6, 6.07) is 0. The minimum absolute atomic E-state index is 0.151. The molecule has 1 aromatic heterocycles. The lowest BCUT2D eigenvalue weighted by atomic mass is 10.3. The molecule has 1 aromatic rings. The minimum atomic E-state index is -4.58. The minimum Gasteiger partial charge on any atom is -0.281 e. The lowest BCUT2D eigenvalue weighted by Gasteiger charge is -2.20. The summed E-state index contributed by atoms with van der Waals surface area (Å²) in [6.45, 7) is 2.87. The third kappa shape index (κ3) is 2.01. The normalized spacial score (nSPS) is 18.9. The third-order valence-corrected chi connectivity index (χ3v) is 4.75. The molecule has 18 heavy (non-hydrogen) atoms. The van der Waals surface area contributed by atoms with Gasteiger partial charge in [-0.15, -0.1) is 0 Å². The molecule has 0 aromatic carbocycles. The Morgan fingerprint density at radius 2 is 1.89 bits per heavy atom. The van der Waals surface area contributed by atoms with Crippen LogP contribution in [0.25, 0.3) is 0 Å². The molecule has 0 atom stereocenters. The highest BCUT2D eigenvalue weighted by atomic mass is 32.2. The molecule has 1 aliphatic rings. The van der Waals surface area contributed by atoms with E-state index < -0.39 is 21.7 Å². The van der Waals surface area contributed by atoms with Crippen LogP contribution in [-0.2, 0) is 10.0 Å². The Bertz CT molecular complexity index is 553. The fraction of sp³-hybridized carbons (Fsp3) is 0.667. The van der Waals surface area contributed by atoms with Crippen LogP contribution < -0.4 is 4.72 Å². The Hall–Kier alpha value is -1.09. The van der Waals surface area contributed by atoms with Gasteiger partial charge in [-0.3, -0.25) is 5.10 Å². The van der Waals surface area contributed by atoms with Gasteiger partial charge in [-0.25, -0.2) is 8.42 Å². The zero-order chi connectivity index (χ0) is 13.8. The van der Waals surface area contributed by atoms with Gasteiger partial charge < -0.3 is 0 Å². The van der Waals surface area contributed by atoms with E-state index in [1.807, 2.05) is 0 Å². The van der Waals surface area contributed by atoms with Crippen LogP contribution in [0.1, 0.15) is 24.2 Å². The van der Waals surface area contributed by atoms with Crippen LogP contribution in [0, 0.1) is 13.8 Å². The van der Waals surface area contributed by atoms with Crippen molar-refractivity contribution < 1.29 is 21.6 Å². The number of sulfonamides is 1. The second-order valence-electron chi connectivity index (χ2n) is 4.45. The van der Waals surface area contributed by atoms with E-state index in [1.165, 1.54) is 13.8 Å². The van der Waals surface area contributed by atoms with Crippen molar-refractivity contribution in [2.24, 2.45) is 0 Å². The first-order valence-electron chi connectivity index (χ1n) is 5.21. The first-order chi connectivity index (χ1) is 8.09. The highest BCUT2D eigenvalue weighted by Crippen LogP contribution is 2.49. The molecule has 2 N–H and O–H groups in total. The van der Waals surface area contributed by atoms with Crippen molar-refractivity contribution in [3.63, 3.8) is 0 Å². The summed E-state index contributed by atoms with van der Waals surface area (Å²) in [5.41, 5.74) is -1.93. The Balaban J connectivity index is 2.35. The lowest BCUT2D eigenvalue weighted by molar-refractivity contribution is -0.160. The number of H-pyrrole nitrogens is 1. The van der Waals surface area contributed by atoms with Crippen molar-refractivity contribution in [1.29, 1.82) is 0 Å². The van der Waals surface area contributed by atoms with Gasteiger partial charge in [0.15, 0.2) is 0 Å². The van der Waals surface area contributed by atoms with Gasteiger partial charge in [0, 0.05) is 0 Å². The van der Waals surface area contributed by atoms with Gasteiger partial charge in [-0.05, 0) is 26.7 Å². The molecule has 1 heterocycles. The Labute approximate surface area is 102 Å². The number of halogens is 3.